The van der Waals surface area contributed by atoms with Crippen molar-refractivity contribution in [2.75, 3.05) is 31.4 Å². The predicted molar refractivity (Wildman–Crippen MR) is 87.6 cm³/mol. The van der Waals surface area contributed by atoms with Gasteiger partial charge >= 0.3 is 0 Å². The maximum atomic E-state index is 11.7. The average molecular weight is 334 g/mol. The molecular formula is C16H18N2O4S. The summed E-state index contributed by atoms with van der Waals surface area (Å²) in [4.78, 5) is 6.19. The summed E-state index contributed by atoms with van der Waals surface area (Å²) >= 11 is 0. The highest BCUT2D eigenvalue weighted by Gasteiger charge is 2.22. The van der Waals surface area contributed by atoms with Crippen LogP contribution >= 0.6 is 0 Å². The van der Waals surface area contributed by atoms with Crippen molar-refractivity contribution in [1.29, 1.82) is 0 Å². The van der Waals surface area contributed by atoms with Gasteiger partial charge in [-0.15, -0.1) is 0 Å². The maximum absolute atomic E-state index is 11.7. The summed E-state index contributed by atoms with van der Waals surface area (Å²) in [5, 5.41) is 0.111. The van der Waals surface area contributed by atoms with E-state index in [2.05, 4.69) is 4.98 Å². The minimum Gasteiger partial charge on any atom is -0.497 e. The number of hydrogen-bond acceptors (Lipinski definition) is 6. The zero-order valence-corrected chi connectivity index (χ0v) is 14.1. The Kier molecular flexibility index (Phi) is 3.89. The third-order valence-corrected chi connectivity index (χ3v) is 4.84. The van der Waals surface area contributed by atoms with E-state index in [9.17, 15) is 8.42 Å². The van der Waals surface area contributed by atoms with Crippen molar-refractivity contribution in [2.24, 2.45) is 0 Å². The van der Waals surface area contributed by atoms with E-state index in [-0.39, 0.29) is 5.03 Å². The van der Waals surface area contributed by atoms with Crippen molar-refractivity contribution >= 4 is 21.2 Å². The number of aryl methyl sites for hydroxylation is 1. The number of rotatable bonds is 3. The fraction of sp³-hybridized carbons (Fsp3) is 0.312. The second-order valence-corrected chi connectivity index (χ2v) is 7.35. The molecule has 1 aliphatic rings. The van der Waals surface area contributed by atoms with Crippen LogP contribution < -0.4 is 14.4 Å². The maximum Gasteiger partial charge on any atom is 0.193 e. The second kappa shape index (κ2) is 5.73. The molecule has 0 saturated carbocycles. The zero-order chi connectivity index (χ0) is 16.6. The van der Waals surface area contributed by atoms with Gasteiger partial charge in [0.15, 0.2) is 14.9 Å². The number of pyridine rings is 1. The van der Waals surface area contributed by atoms with E-state index in [0.717, 1.165) is 29.1 Å². The molecule has 0 atom stereocenters. The Labute approximate surface area is 135 Å². The number of nitrogens with zero attached hydrogens (tertiary/aromatic N) is 2. The van der Waals surface area contributed by atoms with Gasteiger partial charge in [-0.25, -0.2) is 13.4 Å². The Morgan fingerprint density at radius 1 is 1.30 bits per heavy atom. The lowest BCUT2D eigenvalue weighted by molar-refractivity contribution is 0.313. The molecule has 1 aromatic carbocycles. The lowest BCUT2D eigenvalue weighted by Gasteiger charge is -2.31. The van der Waals surface area contributed by atoms with Crippen molar-refractivity contribution in [1.82, 2.24) is 4.98 Å². The lowest BCUT2D eigenvalue weighted by atomic mass is 10.2. The number of fused-ring (bicyclic) bond motifs is 1. The second-order valence-electron chi connectivity index (χ2n) is 5.42. The van der Waals surface area contributed by atoms with Gasteiger partial charge in [0.1, 0.15) is 18.1 Å². The molecule has 1 aliphatic heterocycles. The van der Waals surface area contributed by atoms with Crippen molar-refractivity contribution in [2.45, 2.75) is 11.9 Å². The first-order valence-electron chi connectivity index (χ1n) is 7.15. The molecule has 0 fully saturated rings. The molecule has 1 aromatic heterocycles. The Morgan fingerprint density at radius 3 is 2.74 bits per heavy atom. The lowest BCUT2D eigenvalue weighted by Crippen LogP contribution is -2.28. The van der Waals surface area contributed by atoms with Gasteiger partial charge < -0.3 is 14.4 Å². The van der Waals surface area contributed by atoms with Crippen LogP contribution in [-0.4, -0.2) is 39.9 Å². The first kappa shape index (κ1) is 15.6. The number of hydrogen-bond donors (Lipinski definition) is 0. The molecule has 122 valence electrons. The van der Waals surface area contributed by atoms with E-state index >= 15 is 0 Å². The van der Waals surface area contributed by atoms with Gasteiger partial charge in [-0.2, -0.15) is 0 Å². The third-order valence-electron chi connectivity index (χ3n) is 3.71. The molecule has 2 heterocycles. The van der Waals surface area contributed by atoms with Crippen LogP contribution in [0.2, 0.25) is 0 Å². The number of aromatic nitrogens is 1. The van der Waals surface area contributed by atoms with E-state index in [1.165, 1.54) is 0 Å². The molecule has 0 aliphatic carbocycles. The fourth-order valence-corrected chi connectivity index (χ4v) is 3.56. The summed E-state index contributed by atoms with van der Waals surface area (Å²) in [6.45, 7) is 2.95. The molecule has 3 rings (SSSR count). The normalized spacial score (nSPS) is 14.1. The van der Waals surface area contributed by atoms with E-state index in [1.54, 1.807) is 20.2 Å². The summed E-state index contributed by atoms with van der Waals surface area (Å²) < 4.78 is 34.4. The minimum atomic E-state index is -3.33. The van der Waals surface area contributed by atoms with Crippen LogP contribution in [0.25, 0.3) is 0 Å². The minimum absolute atomic E-state index is 0.111. The Balaban J connectivity index is 2.06. The topological polar surface area (TPSA) is 68.7 Å². The molecule has 6 nitrogen and oxygen atoms in total. The molecule has 0 N–H and O–H groups in total. The van der Waals surface area contributed by atoms with Gasteiger partial charge in [0.2, 0.25) is 0 Å². The number of sulfone groups is 1. The fourth-order valence-electron chi connectivity index (χ4n) is 2.68. The van der Waals surface area contributed by atoms with Crippen molar-refractivity contribution in [3.05, 3.63) is 36.0 Å². The molecule has 2 aromatic rings. The molecular weight excluding hydrogens is 316 g/mol. The Morgan fingerprint density at radius 2 is 2.09 bits per heavy atom. The molecule has 0 saturated heterocycles. The van der Waals surface area contributed by atoms with Crippen LogP contribution in [0.3, 0.4) is 0 Å². The van der Waals surface area contributed by atoms with Gasteiger partial charge in [-0.1, -0.05) is 0 Å². The number of ether oxygens (including phenoxy) is 2. The van der Waals surface area contributed by atoms with Crippen LogP contribution in [0.1, 0.15) is 5.56 Å². The van der Waals surface area contributed by atoms with Gasteiger partial charge in [0, 0.05) is 12.3 Å². The van der Waals surface area contributed by atoms with Gasteiger partial charge in [0.25, 0.3) is 0 Å². The third kappa shape index (κ3) is 2.96. The Hall–Kier alpha value is -2.28. The highest BCUT2D eigenvalue weighted by molar-refractivity contribution is 7.90. The highest BCUT2D eigenvalue weighted by atomic mass is 32.2. The van der Waals surface area contributed by atoms with Gasteiger partial charge in [-0.05, 0) is 30.7 Å². The van der Waals surface area contributed by atoms with Crippen LogP contribution in [0.5, 0.6) is 11.5 Å². The quantitative estimate of drug-likeness (QED) is 0.858. The standard InChI is InChI=1S/C16H18N2O4S/c1-11-8-12(10-17-16(11)23(3,19)20)18-6-7-22-15-5-4-13(21-2)9-14(15)18/h4-5,8-10H,6-7H2,1-3H3. The predicted octanol–water partition coefficient (Wildman–Crippen LogP) is 2.33. The summed E-state index contributed by atoms with van der Waals surface area (Å²) in [5.74, 6) is 1.50. The SMILES string of the molecule is COc1ccc2c(c1)N(c1cnc(S(C)(=O)=O)c(C)c1)CCO2. The molecule has 0 spiro atoms. The summed E-state index contributed by atoms with van der Waals surface area (Å²) in [5.41, 5.74) is 2.33. The summed E-state index contributed by atoms with van der Waals surface area (Å²) in [7, 11) is -1.71. The molecule has 7 heteroatoms. The number of anilines is 2. The first-order valence-corrected chi connectivity index (χ1v) is 9.04. The molecule has 0 bridgehead atoms. The largest absolute Gasteiger partial charge is 0.497 e. The summed E-state index contributed by atoms with van der Waals surface area (Å²) in [6, 6.07) is 7.44. The van der Waals surface area contributed by atoms with Crippen molar-refractivity contribution in [3.8, 4) is 11.5 Å². The molecule has 0 unspecified atom stereocenters. The Bertz CT molecular complexity index is 849. The van der Waals surface area contributed by atoms with Crippen molar-refractivity contribution < 1.29 is 17.9 Å². The highest BCUT2D eigenvalue weighted by Crippen LogP contribution is 2.39. The van der Waals surface area contributed by atoms with Gasteiger partial charge in [-0.3, -0.25) is 0 Å². The molecule has 23 heavy (non-hydrogen) atoms. The number of benzene rings is 1. The van der Waals surface area contributed by atoms with Crippen LogP contribution in [0.15, 0.2) is 35.5 Å². The molecule has 0 radical (unpaired) electrons. The van der Waals surface area contributed by atoms with Crippen LogP contribution in [0.4, 0.5) is 11.4 Å². The van der Waals surface area contributed by atoms with Gasteiger partial charge in [0.05, 0.1) is 31.2 Å². The van der Waals surface area contributed by atoms with Crippen molar-refractivity contribution in [3.63, 3.8) is 0 Å². The van der Waals surface area contributed by atoms with E-state index in [0.29, 0.717) is 18.7 Å². The molecule has 0 amide bonds. The first-order chi connectivity index (χ1) is 10.9. The monoisotopic (exact) mass is 334 g/mol. The summed E-state index contributed by atoms with van der Waals surface area (Å²) in [6.07, 6.45) is 2.74. The van der Waals surface area contributed by atoms with E-state index in [1.807, 2.05) is 29.2 Å². The van der Waals surface area contributed by atoms with Crippen LogP contribution in [-0.2, 0) is 9.84 Å². The zero-order valence-electron chi connectivity index (χ0n) is 13.2. The number of methoxy groups -OCH3 is 1. The van der Waals surface area contributed by atoms with E-state index in [4.69, 9.17) is 9.47 Å². The van der Waals surface area contributed by atoms with E-state index < -0.39 is 9.84 Å². The van der Waals surface area contributed by atoms with Crippen LogP contribution in [0, 0.1) is 6.92 Å². The average Bonchev–Trinajstić information content (AvgIpc) is 2.52. The smallest absolute Gasteiger partial charge is 0.193 e.